The zero-order valence-electron chi connectivity index (χ0n) is 16.5. The van der Waals surface area contributed by atoms with Crippen LogP contribution in [0.25, 0.3) is 0 Å². The van der Waals surface area contributed by atoms with Crippen LogP contribution >= 0.6 is 0 Å². The van der Waals surface area contributed by atoms with Crippen molar-refractivity contribution < 1.29 is 0 Å². The largest absolute Gasteiger partial charge is 0.249 e. The van der Waals surface area contributed by atoms with Gasteiger partial charge in [0.25, 0.3) is 0 Å². The van der Waals surface area contributed by atoms with Gasteiger partial charge in [-0.05, 0) is 85.3 Å². The van der Waals surface area contributed by atoms with Gasteiger partial charge in [0.15, 0.2) is 0 Å². The quantitative estimate of drug-likeness (QED) is 0.578. The number of unbranched alkanes of at least 4 members (excludes halogenated alkanes) is 2. The summed E-state index contributed by atoms with van der Waals surface area (Å²) in [6, 6.07) is 0. The zero-order valence-corrected chi connectivity index (χ0v) is 16.5. The van der Waals surface area contributed by atoms with Crippen LogP contribution in [0, 0.1) is 0 Å². The van der Waals surface area contributed by atoms with Crippen molar-refractivity contribution in [3.05, 3.63) is 95.2 Å². The van der Waals surface area contributed by atoms with E-state index in [0.29, 0.717) is 0 Å². The molecule has 4 nitrogen and oxygen atoms in total. The van der Waals surface area contributed by atoms with Crippen molar-refractivity contribution in [2.45, 2.75) is 32.6 Å². The Morgan fingerprint density at radius 3 is 1.69 bits per heavy atom. The molecule has 0 aromatic carbocycles. The molecule has 0 aliphatic carbocycles. The van der Waals surface area contributed by atoms with Gasteiger partial charge in [0.1, 0.15) is 0 Å². The van der Waals surface area contributed by atoms with Crippen molar-refractivity contribution in [1.29, 1.82) is 0 Å². The number of allylic oxidation sites excluding steroid dienone is 12. The highest BCUT2D eigenvalue weighted by molar-refractivity contribution is 6.16. The summed E-state index contributed by atoms with van der Waals surface area (Å²) in [4.78, 5) is 19.0. The van der Waals surface area contributed by atoms with E-state index in [0.717, 1.165) is 52.1 Å². The molecule has 0 aromatic heterocycles. The third-order valence-corrected chi connectivity index (χ3v) is 5.17. The van der Waals surface area contributed by atoms with Crippen molar-refractivity contribution in [1.82, 2.24) is 0 Å². The highest BCUT2D eigenvalue weighted by atomic mass is 14.8. The Bertz CT molecular complexity index is 1140. The minimum absolute atomic E-state index is 0.901. The summed E-state index contributed by atoms with van der Waals surface area (Å²) >= 11 is 0. The van der Waals surface area contributed by atoms with Crippen LogP contribution in [0.1, 0.15) is 32.6 Å². The summed E-state index contributed by atoms with van der Waals surface area (Å²) in [5, 5.41) is 0. The van der Waals surface area contributed by atoms with Crippen LogP contribution in [0.15, 0.2) is 115 Å². The van der Waals surface area contributed by atoms with Gasteiger partial charge in [-0.1, -0.05) is 19.8 Å². The van der Waals surface area contributed by atoms with Gasteiger partial charge in [-0.15, -0.1) is 0 Å². The highest BCUT2D eigenvalue weighted by Gasteiger charge is 2.16. The monoisotopic (exact) mass is 378 g/mol. The Labute approximate surface area is 171 Å². The van der Waals surface area contributed by atoms with Crippen molar-refractivity contribution in [2.24, 2.45) is 20.0 Å². The molecule has 5 aliphatic heterocycles. The number of hydrogen-bond donors (Lipinski definition) is 0. The average molecular weight is 378 g/mol. The molecule has 0 saturated carbocycles. The predicted octanol–water partition coefficient (Wildman–Crippen LogP) is 5.53. The lowest BCUT2D eigenvalue weighted by Gasteiger charge is -2.02. The molecule has 0 radical (unpaired) electrons. The molecule has 0 N–H and O–H groups in total. The Morgan fingerprint density at radius 2 is 1.10 bits per heavy atom. The lowest BCUT2D eigenvalue weighted by atomic mass is 10.0. The molecule has 5 heterocycles. The van der Waals surface area contributed by atoms with Crippen LogP contribution in [-0.2, 0) is 0 Å². The van der Waals surface area contributed by atoms with Crippen molar-refractivity contribution in [2.75, 3.05) is 0 Å². The minimum atomic E-state index is 0.901. The molecule has 0 atom stereocenters. The fourth-order valence-electron chi connectivity index (χ4n) is 3.72. The molecule has 0 saturated heterocycles. The summed E-state index contributed by atoms with van der Waals surface area (Å²) in [6.45, 7) is 2.23. The summed E-state index contributed by atoms with van der Waals surface area (Å²) in [6.07, 6.45) is 27.1. The van der Waals surface area contributed by atoms with Crippen LogP contribution < -0.4 is 0 Å². The van der Waals surface area contributed by atoms with Crippen LogP contribution in [0.4, 0.5) is 0 Å². The first kappa shape index (κ1) is 17.7. The second-order valence-corrected chi connectivity index (χ2v) is 7.51. The van der Waals surface area contributed by atoms with Gasteiger partial charge in [0.05, 0.1) is 45.6 Å². The van der Waals surface area contributed by atoms with E-state index in [1.807, 2.05) is 54.7 Å². The molecule has 142 valence electrons. The van der Waals surface area contributed by atoms with Gasteiger partial charge in [0, 0.05) is 0 Å². The molecule has 0 aromatic rings. The van der Waals surface area contributed by atoms with Crippen LogP contribution in [0.3, 0.4) is 0 Å². The van der Waals surface area contributed by atoms with Crippen molar-refractivity contribution in [3.8, 4) is 0 Å². The summed E-state index contributed by atoms with van der Waals surface area (Å²) in [5.74, 6) is 0. The second kappa shape index (κ2) is 7.55. The number of aliphatic imine (C=N–C) groups is 4. The Hall–Kier alpha value is -3.40. The maximum Gasteiger partial charge on any atom is 0.0691 e. The standard InChI is InChI=1S/C25H22N4/c1-2-3-4-5-17-12-24-15-22-9-8-20(27-22)13-18-6-7-19(26-18)14-21-10-11-23(28-21)16-25(17)29-24/h6-16H,2-5H2,1H3. The maximum atomic E-state index is 4.87. The fourth-order valence-corrected chi connectivity index (χ4v) is 3.72. The van der Waals surface area contributed by atoms with Gasteiger partial charge in [-0.3, -0.25) is 0 Å². The third kappa shape index (κ3) is 3.92. The number of rotatable bonds is 4. The Kier molecular flexibility index (Phi) is 4.60. The number of hydrogen-bond acceptors (Lipinski definition) is 4. The molecular formula is C25H22N4. The van der Waals surface area contributed by atoms with E-state index in [1.54, 1.807) is 0 Å². The molecule has 0 fully saturated rings. The van der Waals surface area contributed by atoms with Gasteiger partial charge < -0.3 is 0 Å². The minimum Gasteiger partial charge on any atom is -0.249 e. The summed E-state index contributed by atoms with van der Waals surface area (Å²) in [5.41, 5.74) is 8.70. The molecule has 5 rings (SSSR count). The van der Waals surface area contributed by atoms with E-state index in [9.17, 15) is 0 Å². The van der Waals surface area contributed by atoms with Crippen LogP contribution in [-0.4, -0.2) is 22.8 Å². The van der Waals surface area contributed by atoms with Gasteiger partial charge in [0.2, 0.25) is 0 Å². The predicted molar refractivity (Wildman–Crippen MR) is 122 cm³/mol. The van der Waals surface area contributed by atoms with Gasteiger partial charge in [-0.25, -0.2) is 20.0 Å². The van der Waals surface area contributed by atoms with E-state index >= 15 is 0 Å². The Balaban J connectivity index is 1.57. The Morgan fingerprint density at radius 1 is 0.552 bits per heavy atom. The van der Waals surface area contributed by atoms with E-state index in [-0.39, 0.29) is 0 Å². The molecule has 8 bridgehead atoms. The number of fused-ring (bicyclic) bond motifs is 4. The van der Waals surface area contributed by atoms with Gasteiger partial charge >= 0.3 is 0 Å². The smallest absolute Gasteiger partial charge is 0.0691 e. The summed E-state index contributed by atoms with van der Waals surface area (Å²) in [7, 11) is 0. The topological polar surface area (TPSA) is 49.4 Å². The maximum absolute atomic E-state index is 4.87. The highest BCUT2D eigenvalue weighted by Crippen LogP contribution is 2.26. The van der Waals surface area contributed by atoms with Crippen LogP contribution in [0.2, 0.25) is 0 Å². The lowest BCUT2D eigenvalue weighted by molar-refractivity contribution is 0.723. The third-order valence-electron chi connectivity index (χ3n) is 5.17. The second-order valence-electron chi connectivity index (χ2n) is 7.51. The molecule has 0 amide bonds. The van der Waals surface area contributed by atoms with E-state index in [2.05, 4.69) is 24.1 Å². The SMILES string of the molecule is CCCCCC1=CC2=CC3=NC(=CC4=NC(=CC5=NC(=CC1=N2)C=C5)C=C4)C=C3. The lowest BCUT2D eigenvalue weighted by Crippen LogP contribution is -1.97. The van der Waals surface area contributed by atoms with E-state index < -0.39 is 0 Å². The molecule has 5 aliphatic rings. The first-order valence-corrected chi connectivity index (χ1v) is 10.2. The van der Waals surface area contributed by atoms with Crippen LogP contribution in [0.5, 0.6) is 0 Å². The van der Waals surface area contributed by atoms with E-state index in [1.165, 1.54) is 24.8 Å². The first-order valence-electron chi connectivity index (χ1n) is 10.2. The molecule has 4 heteroatoms. The molecule has 29 heavy (non-hydrogen) atoms. The number of nitrogens with zero attached hydrogens (tertiary/aromatic N) is 4. The fraction of sp³-hybridized carbons (Fsp3) is 0.200. The average Bonchev–Trinajstić information content (AvgIpc) is 3.47. The first-order chi connectivity index (χ1) is 14.2. The van der Waals surface area contributed by atoms with Crippen molar-refractivity contribution >= 4 is 22.8 Å². The zero-order chi connectivity index (χ0) is 19.6. The van der Waals surface area contributed by atoms with Crippen molar-refractivity contribution in [3.63, 3.8) is 0 Å². The van der Waals surface area contributed by atoms with Gasteiger partial charge in [-0.2, -0.15) is 0 Å². The molecular weight excluding hydrogens is 356 g/mol. The van der Waals surface area contributed by atoms with E-state index in [4.69, 9.17) is 15.0 Å². The normalized spacial score (nSPS) is 21.2. The summed E-state index contributed by atoms with van der Waals surface area (Å²) < 4.78 is 0. The molecule has 0 unspecified atom stereocenters. The molecule has 0 spiro atoms.